The van der Waals surface area contributed by atoms with E-state index in [2.05, 4.69) is 10.3 Å². The maximum atomic E-state index is 12.4. The summed E-state index contributed by atoms with van der Waals surface area (Å²) >= 11 is 7.21. The molecule has 1 aromatic heterocycles. The van der Waals surface area contributed by atoms with Crippen LogP contribution < -0.4 is 10.1 Å². The molecule has 8 heteroatoms. The van der Waals surface area contributed by atoms with E-state index < -0.39 is 0 Å². The molecule has 0 bridgehead atoms. The lowest BCUT2D eigenvalue weighted by molar-refractivity contribution is -0.129. The van der Waals surface area contributed by atoms with E-state index in [9.17, 15) is 9.59 Å². The molecule has 29 heavy (non-hydrogen) atoms. The van der Waals surface area contributed by atoms with Gasteiger partial charge in [-0.25, -0.2) is 4.98 Å². The maximum Gasteiger partial charge on any atom is 0.257 e. The quantitative estimate of drug-likeness (QED) is 0.584. The molecule has 3 aromatic rings. The number of likely N-dealkylation sites (N-methyl/N-ethyl adjacent to an activating group) is 1. The van der Waals surface area contributed by atoms with Crippen LogP contribution in [0.3, 0.4) is 0 Å². The Hall–Kier alpha value is -2.90. The molecule has 1 heterocycles. The number of halogens is 1. The van der Waals surface area contributed by atoms with Gasteiger partial charge in [-0.1, -0.05) is 35.9 Å². The molecule has 0 fully saturated rings. The Labute approximate surface area is 178 Å². The van der Waals surface area contributed by atoms with E-state index in [1.54, 1.807) is 53.7 Å². The van der Waals surface area contributed by atoms with Gasteiger partial charge in [-0.3, -0.25) is 14.9 Å². The van der Waals surface area contributed by atoms with Crippen molar-refractivity contribution in [2.24, 2.45) is 0 Å². The fourth-order valence-electron chi connectivity index (χ4n) is 2.48. The van der Waals surface area contributed by atoms with Gasteiger partial charge in [-0.05, 0) is 30.3 Å². The molecule has 6 nitrogen and oxygen atoms in total. The zero-order chi connectivity index (χ0) is 20.6. The third-order valence-corrected chi connectivity index (χ3v) is 5.10. The maximum absolute atomic E-state index is 12.4. The van der Waals surface area contributed by atoms with Crippen LogP contribution in [0.4, 0.5) is 5.13 Å². The van der Waals surface area contributed by atoms with Crippen molar-refractivity contribution in [3.63, 3.8) is 0 Å². The number of ether oxygens (including phenoxy) is 1. The molecule has 0 atom stereocenters. The minimum absolute atomic E-state index is 0.0778. The van der Waals surface area contributed by atoms with Gasteiger partial charge < -0.3 is 9.64 Å². The zero-order valence-corrected chi connectivity index (χ0v) is 17.4. The lowest BCUT2D eigenvalue weighted by Crippen LogP contribution is -2.32. The lowest BCUT2D eigenvalue weighted by atomic mass is 10.2. The summed E-state index contributed by atoms with van der Waals surface area (Å²) in [5, 5.41) is 5.59. The van der Waals surface area contributed by atoms with Gasteiger partial charge in [0.1, 0.15) is 12.4 Å². The van der Waals surface area contributed by atoms with Gasteiger partial charge in [0.15, 0.2) is 5.13 Å². The molecule has 0 unspecified atom stereocenters. The third kappa shape index (κ3) is 6.30. The molecule has 2 amide bonds. The van der Waals surface area contributed by atoms with Crippen LogP contribution in [0.5, 0.6) is 5.75 Å². The van der Waals surface area contributed by atoms with Gasteiger partial charge in [0.05, 0.1) is 18.7 Å². The standard InChI is InChI=1S/C21H20ClN3O3S/c1-25(10-11-28-18-9-5-8-16(22)12-18)19(26)13-17-14-29-21(23-17)24-20(27)15-6-3-2-4-7-15/h2-9,12,14H,10-11,13H2,1H3,(H,23,24,27). The molecule has 1 N–H and O–H groups in total. The number of thiazole rings is 1. The van der Waals surface area contributed by atoms with Gasteiger partial charge in [0.25, 0.3) is 5.91 Å². The smallest absolute Gasteiger partial charge is 0.257 e. The molecule has 0 saturated heterocycles. The van der Waals surface area contributed by atoms with Gasteiger partial charge in [0.2, 0.25) is 5.91 Å². The van der Waals surface area contributed by atoms with E-state index in [1.165, 1.54) is 11.3 Å². The Balaban J connectivity index is 1.46. The van der Waals surface area contributed by atoms with Crippen molar-refractivity contribution in [3.05, 3.63) is 76.3 Å². The Bertz CT molecular complexity index is 978. The summed E-state index contributed by atoms with van der Waals surface area (Å²) in [6, 6.07) is 16.0. The summed E-state index contributed by atoms with van der Waals surface area (Å²) in [6.45, 7) is 0.797. The number of carbonyl (C=O) groups excluding carboxylic acids is 2. The van der Waals surface area contributed by atoms with E-state index in [0.717, 1.165) is 0 Å². The number of benzene rings is 2. The summed E-state index contributed by atoms with van der Waals surface area (Å²) in [7, 11) is 1.72. The van der Waals surface area contributed by atoms with Gasteiger partial charge in [-0.15, -0.1) is 11.3 Å². The van der Waals surface area contributed by atoms with Gasteiger partial charge >= 0.3 is 0 Å². The Morgan fingerprint density at radius 3 is 2.72 bits per heavy atom. The van der Waals surface area contributed by atoms with Crippen molar-refractivity contribution in [2.75, 3.05) is 25.5 Å². The second kappa shape index (κ2) is 10.0. The van der Waals surface area contributed by atoms with Crippen LogP contribution in [0.1, 0.15) is 16.1 Å². The number of carbonyl (C=O) groups is 2. The number of amides is 2. The van der Waals surface area contributed by atoms with E-state index in [1.807, 2.05) is 18.2 Å². The molecule has 0 aliphatic carbocycles. The van der Waals surface area contributed by atoms with Crippen LogP contribution in [-0.4, -0.2) is 41.9 Å². The molecular formula is C21H20ClN3O3S. The summed E-state index contributed by atoms with van der Waals surface area (Å²) < 4.78 is 5.61. The molecule has 150 valence electrons. The predicted octanol–water partition coefficient (Wildman–Crippen LogP) is 4.13. The number of aromatic nitrogens is 1. The highest BCUT2D eigenvalue weighted by Crippen LogP contribution is 2.18. The second-order valence-corrected chi connectivity index (χ2v) is 7.56. The molecule has 0 aliphatic rings. The first-order valence-corrected chi connectivity index (χ1v) is 10.2. The molecule has 0 aliphatic heterocycles. The zero-order valence-electron chi connectivity index (χ0n) is 15.8. The third-order valence-electron chi connectivity index (χ3n) is 4.06. The SMILES string of the molecule is CN(CCOc1cccc(Cl)c1)C(=O)Cc1csc(NC(=O)c2ccccc2)n1. The first-order valence-electron chi connectivity index (χ1n) is 8.94. The predicted molar refractivity (Wildman–Crippen MR) is 115 cm³/mol. The van der Waals surface area contributed by atoms with Gasteiger partial charge in [-0.2, -0.15) is 0 Å². The van der Waals surface area contributed by atoms with Crippen LogP contribution in [0.2, 0.25) is 5.02 Å². The Kier molecular flexibility index (Phi) is 7.21. The fourth-order valence-corrected chi connectivity index (χ4v) is 3.36. The monoisotopic (exact) mass is 429 g/mol. The van der Waals surface area contributed by atoms with Crippen LogP contribution in [0, 0.1) is 0 Å². The highest BCUT2D eigenvalue weighted by molar-refractivity contribution is 7.14. The first-order chi connectivity index (χ1) is 14.0. The van der Waals surface area contributed by atoms with Crippen LogP contribution in [0.25, 0.3) is 0 Å². The summed E-state index contributed by atoms with van der Waals surface area (Å²) in [4.78, 5) is 30.5. The van der Waals surface area contributed by atoms with E-state index in [4.69, 9.17) is 16.3 Å². The number of hydrogen-bond donors (Lipinski definition) is 1. The van der Waals surface area contributed by atoms with Crippen molar-refractivity contribution >= 4 is 39.9 Å². The second-order valence-electron chi connectivity index (χ2n) is 6.26. The van der Waals surface area contributed by atoms with Crippen LogP contribution in [-0.2, 0) is 11.2 Å². The minimum Gasteiger partial charge on any atom is -0.492 e. The van der Waals surface area contributed by atoms with E-state index >= 15 is 0 Å². The molecule has 3 rings (SSSR count). The molecule has 0 radical (unpaired) electrons. The average Bonchev–Trinajstić information content (AvgIpc) is 3.15. The summed E-state index contributed by atoms with van der Waals surface area (Å²) in [5.74, 6) is 0.357. The summed E-state index contributed by atoms with van der Waals surface area (Å²) in [5.41, 5.74) is 1.17. The Morgan fingerprint density at radius 2 is 1.97 bits per heavy atom. The van der Waals surface area contributed by atoms with E-state index in [0.29, 0.717) is 40.3 Å². The average molecular weight is 430 g/mol. The van der Waals surface area contributed by atoms with Gasteiger partial charge in [0, 0.05) is 23.0 Å². The van der Waals surface area contributed by atoms with Crippen molar-refractivity contribution in [2.45, 2.75) is 6.42 Å². The molecule has 0 saturated carbocycles. The van der Waals surface area contributed by atoms with E-state index in [-0.39, 0.29) is 18.2 Å². The number of rotatable bonds is 8. The number of anilines is 1. The molecule has 0 spiro atoms. The fraction of sp³-hybridized carbons (Fsp3) is 0.190. The van der Waals surface area contributed by atoms with Crippen molar-refractivity contribution < 1.29 is 14.3 Å². The summed E-state index contributed by atoms with van der Waals surface area (Å²) in [6.07, 6.45) is 0.158. The van der Waals surface area contributed by atoms with Crippen LogP contribution >= 0.6 is 22.9 Å². The number of hydrogen-bond acceptors (Lipinski definition) is 5. The highest BCUT2D eigenvalue weighted by Gasteiger charge is 2.14. The normalized spacial score (nSPS) is 10.4. The molecule has 2 aromatic carbocycles. The number of nitrogens with one attached hydrogen (secondary N) is 1. The largest absolute Gasteiger partial charge is 0.492 e. The molecular weight excluding hydrogens is 410 g/mol. The topological polar surface area (TPSA) is 71.5 Å². The first kappa shape index (κ1) is 20.8. The highest BCUT2D eigenvalue weighted by atomic mass is 35.5. The lowest BCUT2D eigenvalue weighted by Gasteiger charge is -2.17. The van der Waals surface area contributed by atoms with Crippen molar-refractivity contribution in [3.8, 4) is 5.75 Å². The minimum atomic E-state index is -0.229. The Morgan fingerprint density at radius 1 is 1.17 bits per heavy atom. The number of nitrogens with zero attached hydrogens (tertiary/aromatic N) is 2. The van der Waals surface area contributed by atoms with Crippen molar-refractivity contribution in [1.82, 2.24) is 9.88 Å². The van der Waals surface area contributed by atoms with Crippen LogP contribution in [0.15, 0.2) is 60.0 Å². The van der Waals surface area contributed by atoms with Crippen molar-refractivity contribution in [1.29, 1.82) is 0 Å².